The quantitative estimate of drug-likeness (QED) is 0.875. The van der Waals surface area contributed by atoms with Crippen LogP contribution in [0.1, 0.15) is 27.4 Å². The molecule has 1 unspecified atom stereocenters. The molecule has 1 fully saturated rings. The zero-order valence-corrected chi connectivity index (χ0v) is 12.8. The summed E-state index contributed by atoms with van der Waals surface area (Å²) in [6.45, 7) is 1.71. The molecule has 2 rings (SSSR count). The van der Waals surface area contributed by atoms with E-state index in [9.17, 15) is 9.59 Å². The predicted molar refractivity (Wildman–Crippen MR) is 83.2 cm³/mol. The van der Waals surface area contributed by atoms with Crippen molar-refractivity contribution in [3.63, 3.8) is 0 Å². The van der Waals surface area contributed by atoms with Gasteiger partial charge >= 0.3 is 5.97 Å². The molecule has 2 N–H and O–H groups in total. The Hall–Kier alpha value is -1.14. The summed E-state index contributed by atoms with van der Waals surface area (Å²) in [5.74, 6) is 0.631. The molecule has 1 aromatic carbocycles. The summed E-state index contributed by atoms with van der Waals surface area (Å²) in [6, 6.07) is 7.56. The average molecular weight is 311 g/mol. The lowest BCUT2D eigenvalue weighted by Gasteiger charge is -2.10. The first-order chi connectivity index (χ1) is 9.58. The third kappa shape index (κ3) is 3.93. The fourth-order valence-electron chi connectivity index (χ4n) is 1.78. The molecule has 1 aliphatic heterocycles. The minimum Gasteiger partial charge on any atom is -0.481 e. The molecular formula is C14H17NO3S2. The van der Waals surface area contributed by atoms with E-state index in [1.54, 1.807) is 19.1 Å². The van der Waals surface area contributed by atoms with Crippen molar-refractivity contribution in [3.8, 4) is 0 Å². The van der Waals surface area contributed by atoms with Crippen LogP contribution in [0.3, 0.4) is 0 Å². The number of benzene rings is 1. The highest BCUT2D eigenvalue weighted by Gasteiger charge is 2.18. The summed E-state index contributed by atoms with van der Waals surface area (Å²) < 4.78 is 0.471. The van der Waals surface area contributed by atoms with Gasteiger partial charge in [-0.3, -0.25) is 9.59 Å². The smallest absolute Gasteiger partial charge is 0.308 e. The Balaban J connectivity index is 1.92. The third-order valence-electron chi connectivity index (χ3n) is 3.06. The van der Waals surface area contributed by atoms with Crippen LogP contribution in [-0.2, 0) is 4.79 Å². The zero-order valence-electron chi connectivity index (χ0n) is 11.2. The minimum atomic E-state index is -0.907. The standard InChI is InChI=1S/C14H17NO3S2/c1-9(13(17)18)8-15-12(16)10-2-4-11(5-3-10)14-19-6-7-20-14/h2-5,9,14H,6-8H2,1H3,(H,15,16)(H,17,18). The van der Waals surface area contributed by atoms with Crippen molar-refractivity contribution < 1.29 is 14.7 Å². The normalized spacial score (nSPS) is 16.9. The predicted octanol–water partition coefficient (Wildman–Crippen LogP) is 2.62. The van der Waals surface area contributed by atoms with Gasteiger partial charge < -0.3 is 10.4 Å². The summed E-state index contributed by atoms with van der Waals surface area (Å²) in [5.41, 5.74) is 1.80. The second-order valence-electron chi connectivity index (χ2n) is 4.64. The van der Waals surface area contributed by atoms with Crippen molar-refractivity contribution in [2.45, 2.75) is 11.5 Å². The second-order valence-corrected chi connectivity index (χ2v) is 7.37. The van der Waals surface area contributed by atoms with Crippen molar-refractivity contribution >= 4 is 35.4 Å². The molecule has 0 saturated carbocycles. The zero-order chi connectivity index (χ0) is 14.5. The molecule has 1 aromatic rings. The van der Waals surface area contributed by atoms with E-state index in [-0.39, 0.29) is 12.5 Å². The molecule has 0 aliphatic carbocycles. The number of carbonyl (C=O) groups is 2. The molecule has 0 radical (unpaired) electrons. The largest absolute Gasteiger partial charge is 0.481 e. The Bertz CT molecular complexity index is 484. The maximum absolute atomic E-state index is 11.9. The van der Waals surface area contributed by atoms with Crippen LogP contribution in [-0.4, -0.2) is 35.0 Å². The van der Waals surface area contributed by atoms with Crippen LogP contribution in [0.4, 0.5) is 0 Å². The van der Waals surface area contributed by atoms with Gasteiger partial charge in [0.1, 0.15) is 0 Å². The summed E-state index contributed by atoms with van der Waals surface area (Å²) in [4.78, 5) is 22.6. The van der Waals surface area contributed by atoms with Crippen molar-refractivity contribution in [2.75, 3.05) is 18.1 Å². The van der Waals surface area contributed by atoms with Crippen LogP contribution >= 0.6 is 23.5 Å². The number of amides is 1. The Morgan fingerprint density at radius 2 is 1.90 bits per heavy atom. The van der Waals surface area contributed by atoms with Gasteiger partial charge in [-0.2, -0.15) is 0 Å². The number of thioether (sulfide) groups is 2. The van der Waals surface area contributed by atoms with Crippen LogP contribution < -0.4 is 5.32 Å². The average Bonchev–Trinajstić information content (AvgIpc) is 2.98. The van der Waals surface area contributed by atoms with Crippen LogP contribution in [0, 0.1) is 5.92 Å². The molecule has 6 heteroatoms. The topological polar surface area (TPSA) is 66.4 Å². The molecule has 20 heavy (non-hydrogen) atoms. The number of hydrogen-bond acceptors (Lipinski definition) is 4. The monoisotopic (exact) mass is 311 g/mol. The molecule has 1 atom stereocenters. The van der Waals surface area contributed by atoms with Gasteiger partial charge in [0.25, 0.3) is 5.91 Å². The maximum atomic E-state index is 11.9. The molecular weight excluding hydrogens is 294 g/mol. The van der Waals surface area contributed by atoms with Gasteiger partial charge in [-0.1, -0.05) is 19.1 Å². The van der Waals surface area contributed by atoms with Crippen molar-refractivity contribution in [3.05, 3.63) is 35.4 Å². The number of hydrogen-bond donors (Lipinski definition) is 2. The number of aliphatic carboxylic acids is 1. The van der Waals surface area contributed by atoms with Crippen LogP contribution in [0.2, 0.25) is 0 Å². The molecule has 0 bridgehead atoms. The first-order valence-electron chi connectivity index (χ1n) is 6.42. The molecule has 1 amide bonds. The first-order valence-corrected chi connectivity index (χ1v) is 8.52. The van der Waals surface area contributed by atoms with Crippen molar-refractivity contribution in [1.82, 2.24) is 5.32 Å². The summed E-state index contributed by atoms with van der Waals surface area (Å²) in [5, 5.41) is 11.4. The number of carboxylic acid groups (broad SMARTS) is 1. The Kier molecular flexibility index (Phi) is 5.37. The van der Waals surface area contributed by atoms with E-state index >= 15 is 0 Å². The second kappa shape index (κ2) is 7.04. The van der Waals surface area contributed by atoms with E-state index in [0.29, 0.717) is 10.1 Å². The summed E-state index contributed by atoms with van der Waals surface area (Å²) in [6.07, 6.45) is 0. The van der Waals surface area contributed by atoms with Crippen molar-refractivity contribution in [2.24, 2.45) is 5.92 Å². The SMILES string of the molecule is CC(CNC(=O)c1ccc(C2SCCS2)cc1)C(=O)O. The van der Waals surface area contributed by atoms with Crippen molar-refractivity contribution in [1.29, 1.82) is 0 Å². The number of carboxylic acids is 1. The summed E-state index contributed by atoms with van der Waals surface area (Å²) in [7, 11) is 0. The van der Waals surface area contributed by atoms with E-state index < -0.39 is 11.9 Å². The third-order valence-corrected chi connectivity index (χ3v) is 6.16. The van der Waals surface area contributed by atoms with Gasteiger partial charge in [-0.25, -0.2) is 0 Å². The maximum Gasteiger partial charge on any atom is 0.308 e. The fraction of sp³-hybridized carbons (Fsp3) is 0.429. The molecule has 0 spiro atoms. The minimum absolute atomic E-state index is 0.143. The number of nitrogens with one attached hydrogen (secondary N) is 1. The fourth-order valence-corrected chi connectivity index (χ4v) is 4.64. The molecule has 0 aromatic heterocycles. The van der Waals surface area contributed by atoms with Crippen LogP contribution in [0.25, 0.3) is 0 Å². The Morgan fingerprint density at radius 3 is 2.45 bits per heavy atom. The molecule has 1 heterocycles. The highest BCUT2D eigenvalue weighted by molar-refractivity contribution is 8.19. The van der Waals surface area contributed by atoms with E-state index in [0.717, 1.165) is 0 Å². The van der Waals surface area contributed by atoms with Gasteiger partial charge in [0.15, 0.2) is 0 Å². The molecule has 108 valence electrons. The molecule has 1 saturated heterocycles. The van der Waals surface area contributed by atoms with E-state index in [1.807, 2.05) is 35.7 Å². The lowest BCUT2D eigenvalue weighted by molar-refractivity contribution is -0.140. The van der Waals surface area contributed by atoms with Gasteiger partial charge in [-0.15, -0.1) is 23.5 Å². The molecule has 4 nitrogen and oxygen atoms in total. The van der Waals surface area contributed by atoms with E-state index in [2.05, 4.69) is 5.32 Å². The molecule has 1 aliphatic rings. The van der Waals surface area contributed by atoms with E-state index in [1.165, 1.54) is 17.1 Å². The van der Waals surface area contributed by atoms with Crippen LogP contribution in [0.15, 0.2) is 24.3 Å². The highest BCUT2D eigenvalue weighted by Crippen LogP contribution is 2.45. The van der Waals surface area contributed by atoms with E-state index in [4.69, 9.17) is 5.11 Å². The van der Waals surface area contributed by atoms with Crippen LogP contribution in [0.5, 0.6) is 0 Å². The van der Waals surface area contributed by atoms with Gasteiger partial charge in [-0.05, 0) is 17.7 Å². The Morgan fingerprint density at radius 1 is 1.30 bits per heavy atom. The number of rotatable bonds is 5. The lowest BCUT2D eigenvalue weighted by Crippen LogP contribution is -2.31. The van der Waals surface area contributed by atoms with Gasteiger partial charge in [0, 0.05) is 23.6 Å². The first kappa shape index (κ1) is 15.3. The van der Waals surface area contributed by atoms with Gasteiger partial charge in [0.05, 0.1) is 10.5 Å². The Labute approximate surface area is 126 Å². The lowest BCUT2D eigenvalue weighted by atomic mass is 10.1. The number of carbonyl (C=O) groups excluding carboxylic acids is 1. The van der Waals surface area contributed by atoms with Gasteiger partial charge in [0.2, 0.25) is 0 Å². The summed E-state index contributed by atoms with van der Waals surface area (Å²) >= 11 is 3.85. The highest BCUT2D eigenvalue weighted by atomic mass is 32.2.